The highest BCUT2D eigenvalue weighted by molar-refractivity contribution is 14.1. The quantitative estimate of drug-likeness (QED) is 0.130. The number of rotatable bonds is 5. The molecule has 0 aliphatic carbocycles. The van der Waals surface area contributed by atoms with Crippen LogP contribution in [0, 0.1) is 3.57 Å². The number of carbonyl (C=O) groups excluding carboxylic acids is 2. The van der Waals surface area contributed by atoms with Crippen LogP contribution in [0.4, 0.5) is 5.13 Å². The fraction of sp³-hybridized carbons (Fsp3) is 0.179. The number of hydrogen-bond acceptors (Lipinski definition) is 8. The molecule has 192 valence electrons. The summed E-state index contributed by atoms with van der Waals surface area (Å²) in [7, 11) is 0. The van der Waals surface area contributed by atoms with E-state index in [2.05, 4.69) is 27.6 Å². The van der Waals surface area contributed by atoms with Crippen LogP contribution in [0.1, 0.15) is 24.1 Å². The van der Waals surface area contributed by atoms with Crippen molar-refractivity contribution < 1.29 is 28.9 Å². The van der Waals surface area contributed by atoms with E-state index in [1.54, 1.807) is 18.2 Å². The van der Waals surface area contributed by atoms with Gasteiger partial charge in [0, 0.05) is 9.13 Å². The van der Waals surface area contributed by atoms with Gasteiger partial charge < -0.3 is 19.3 Å². The first kappa shape index (κ1) is 24.7. The number of aliphatic hydroxyl groups excluding tert-OH is 1. The number of ketones is 1. The summed E-state index contributed by atoms with van der Waals surface area (Å²) in [4.78, 5) is 33.0. The lowest BCUT2D eigenvalue weighted by atomic mass is 9.95. The number of Topliss-reactive ketones (excluding diaryl/α,β-unsaturated/α-hetero) is 1. The Morgan fingerprint density at radius 2 is 1.84 bits per heavy atom. The van der Waals surface area contributed by atoms with Crippen LogP contribution in [0.2, 0.25) is 0 Å². The number of fused-ring (bicyclic) bond motifs is 2. The molecule has 4 aromatic rings. The van der Waals surface area contributed by atoms with Gasteiger partial charge in [0.2, 0.25) is 0 Å². The number of nitrogens with zero attached hydrogens (tertiary/aromatic N) is 2. The van der Waals surface area contributed by atoms with E-state index >= 15 is 0 Å². The van der Waals surface area contributed by atoms with Crippen molar-refractivity contribution in [3.05, 3.63) is 80.9 Å². The zero-order valence-corrected chi connectivity index (χ0v) is 23.1. The van der Waals surface area contributed by atoms with E-state index < -0.39 is 17.7 Å². The molecular weight excluding hydrogens is 619 g/mol. The monoisotopic (exact) mass is 640 g/mol. The number of thiazole rings is 1. The Morgan fingerprint density at radius 3 is 2.61 bits per heavy atom. The SMILES string of the molecule is CCOc1ccc2nc(N3C(=O)C(=O)/C(=C(/O)c4ccc5c(c4)OCCO5)C3c3ccc(I)cc3)sc2c1. The third-order valence-corrected chi connectivity index (χ3v) is 8.05. The van der Waals surface area contributed by atoms with E-state index in [9.17, 15) is 14.7 Å². The summed E-state index contributed by atoms with van der Waals surface area (Å²) in [6, 6.07) is 17.1. The van der Waals surface area contributed by atoms with Gasteiger partial charge in [-0.05, 0) is 83.6 Å². The van der Waals surface area contributed by atoms with E-state index in [1.807, 2.05) is 49.4 Å². The molecule has 1 N–H and O–H groups in total. The summed E-state index contributed by atoms with van der Waals surface area (Å²) in [5.41, 5.74) is 1.71. The van der Waals surface area contributed by atoms with Crippen LogP contribution in [-0.2, 0) is 9.59 Å². The zero-order valence-electron chi connectivity index (χ0n) is 20.1. The molecule has 38 heavy (non-hydrogen) atoms. The van der Waals surface area contributed by atoms with Crippen LogP contribution < -0.4 is 19.1 Å². The second-order valence-electron chi connectivity index (χ2n) is 8.64. The fourth-order valence-corrected chi connectivity index (χ4v) is 5.97. The van der Waals surface area contributed by atoms with Crippen molar-refractivity contribution in [2.24, 2.45) is 0 Å². The number of halogens is 1. The maximum Gasteiger partial charge on any atom is 0.301 e. The summed E-state index contributed by atoms with van der Waals surface area (Å²) in [6.45, 7) is 3.25. The number of anilines is 1. The molecule has 1 aromatic heterocycles. The molecule has 8 nitrogen and oxygen atoms in total. The van der Waals surface area contributed by atoms with Gasteiger partial charge in [-0.1, -0.05) is 23.5 Å². The Hall–Kier alpha value is -3.64. The summed E-state index contributed by atoms with van der Waals surface area (Å²) < 4.78 is 18.7. The lowest BCUT2D eigenvalue weighted by Gasteiger charge is -2.23. The van der Waals surface area contributed by atoms with Crippen LogP contribution >= 0.6 is 33.9 Å². The summed E-state index contributed by atoms with van der Waals surface area (Å²) >= 11 is 3.48. The van der Waals surface area contributed by atoms with Gasteiger partial charge in [0.05, 0.1) is 28.4 Å². The van der Waals surface area contributed by atoms with Gasteiger partial charge in [-0.25, -0.2) is 4.98 Å². The number of benzene rings is 3. The molecule has 1 amide bonds. The molecule has 1 unspecified atom stereocenters. The van der Waals surface area contributed by atoms with Crippen molar-refractivity contribution in [2.75, 3.05) is 24.7 Å². The van der Waals surface area contributed by atoms with Crippen LogP contribution in [0.25, 0.3) is 16.0 Å². The highest BCUT2D eigenvalue weighted by atomic mass is 127. The Balaban J connectivity index is 1.51. The first-order valence-electron chi connectivity index (χ1n) is 11.9. The maximum atomic E-state index is 13.5. The van der Waals surface area contributed by atoms with E-state index in [1.165, 1.54) is 16.2 Å². The van der Waals surface area contributed by atoms with Gasteiger partial charge in [-0.2, -0.15) is 0 Å². The van der Waals surface area contributed by atoms with Gasteiger partial charge in [-0.15, -0.1) is 0 Å². The molecule has 0 spiro atoms. The van der Waals surface area contributed by atoms with Gasteiger partial charge in [-0.3, -0.25) is 14.5 Å². The van der Waals surface area contributed by atoms with Gasteiger partial charge in [0.1, 0.15) is 24.7 Å². The van der Waals surface area contributed by atoms with Crippen molar-refractivity contribution in [2.45, 2.75) is 13.0 Å². The van der Waals surface area contributed by atoms with E-state index in [-0.39, 0.29) is 11.3 Å². The van der Waals surface area contributed by atoms with Crippen LogP contribution in [0.3, 0.4) is 0 Å². The van der Waals surface area contributed by atoms with Crippen molar-refractivity contribution in [3.63, 3.8) is 0 Å². The molecule has 6 rings (SSSR count). The molecule has 0 radical (unpaired) electrons. The fourth-order valence-electron chi connectivity index (χ4n) is 4.59. The minimum atomic E-state index is -0.868. The standard InChI is InChI=1S/C28H21IN2O6S/c1-2-35-18-8-9-19-22(14-18)38-28(30-19)31-24(15-3-6-17(29)7-4-15)23(26(33)27(31)34)25(32)16-5-10-20-21(13-16)37-12-11-36-20/h3-10,13-14,24,32H,2,11-12H2,1H3/b25-23+. The van der Waals surface area contributed by atoms with Crippen molar-refractivity contribution >= 4 is 66.7 Å². The van der Waals surface area contributed by atoms with Crippen molar-refractivity contribution in [3.8, 4) is 17.2 Å². The summed E-state index contributed by atoms with van der Waals surface area (Å²) in [5, 5.41) is 11.8. The number of amides is 1. The Kier molecular flexibility index (Phi) is 6.44. The Morgan fingerprint density at radius 1 is 1.08 bits per heavy atom. The predicted molar refractivity (Wildman–Crippen MR) is 152 cm³/mol. The number of aromatic nitrogens is 1. The minimum absolute atomic E-state index is 0.0119. The zero-order chi connectivity index (χ0) is 26.4. The second kappa shape index (κ2) is 9.91. The van der Waals surface area contributed by atoms with Gasteiger partial charge in [0.25, 0.3) is 5.78 Å². The Bertz CT molecular complexity index is 1610. The molecule has 2 aliphatic rings. The Labute approximate surface area is 235 Å². The topological polar surface area (TPSA) is 98.2 Å². The highest BCUT2D eigenvalue weighted by Gasteiger charge is 2.48. The second-order valence-corrected chi connectivity index (χ2v) is 10.9. The third kappa shape index (κ3) is 4.27. The van der Waals surface area contributed by atoms with E-state index in [4.69, 9.17) is 14.2 Å². The highest BCUT2D eigenvalue weighted by Crippen LogP contribution is 2.45. The molecule has 10 heteroatoms. The molecule has 3 heterocycles. The molecule has 2 aliphatic heterocycles. The average Bonchev–Trinajstić information content (AvgIpc) is 3.46. The number of aliphatic hydroxyl groups is 1. The lowest BCUT2D eigenvalue weighted by molar-refractivity contribution is -0.132. The number of ether oxygens (including phenoxy) is 3. The molecule has 1 fully saturated rings. The molecule has 0 bridgehead atoms. The summed E-state index contributed by atoms with van der Waals surface area (Å²) in [6.07, 6.45) is 0. The molecule has 0 saturated carbocycles. The molecule has 1 saturated heterocycles. The molecule has 1 atom stereocenters. The largest absolute Gasteiger partial charge is 0.507 e. The molecular formula is C28H21IN2O6S. The van der Waals surface area contributed by atoms with Crippen molar-refractivity contribution in [1.29, 1.82) is 0 Å². The number of hydrogen-bond donors (Lipinski definition) is 1. The first-order chi connectivity index (χ1) is 18.4. The maximum absolute atomic E-state index is 13.5. The average molecular weight is 640 g/mol. The minimum Gasteiger partial charge on any atom is -0.507 e. The smallest absolute Gasteiger partial charge is 0.301 e. The van der Waals surface area contributed by atoms with Crippen LogP contribution in [0.15, 0.2) is 66.2 Å². The van der Waals surface area contributed by atoms with E-state index in [0.717, 1.165) is 8.27 Å². The van der Waals surface area contributed by atoms with Gasteiger partial charge in [0.15, 0.2) is 16.6 Å². The van der Waals surface area contributed by atoms with E-state index in [0.29, 0.717) is 58.8 Å². The van der Waals surface area contributed by atoms with Crippen molar-refractivity contribution in [1.82, 2.24) is 4.98 Å². The first-order valence-corrected chi connectivity index (χ1v) is 13.8. The lowest BCUT2D eigenvalue weighted by Crippen LogP contribution is -2.29. The summed E-state index contributed by atoms with van der Waals surface area (Å²) in [5.74, 6) is -0.0944. The molecule has 3 aromatic carbocycles. The number of carbonyl (C=O) groups is 2. The third-order valence-electron chi connectivity index (χ3n) is 6.31. The van der Waals surface area contributed by atoms with Crippen LogP contribution in [-0.4, -0.2) is 41.6 Å². The van der Waals surface area contributed by atoms with Crippen LogP contribution in [0.5, 0.6) is 17.2 Å². The predicted octanol–water partition coefficient (Wildman–Crippen LogP) is 5.70. The normalized spacial score (nSPS) is 18.3. The van der Waals surface area contributed by atoms with Gasteiger partial charge >= 0.3 is 5.91 Å².